The molecule has 0 unspecified atom stereocenters. The number of benzene rings is 1. The molecule has 0 radical (unpaired) electrons. The van der Waals surface area contributed by atoms with E-state index in [2.05, 4.69) is 21.2 Å². The van der Waals surface area contributed by atoms with E-state index >= 15 is 0 Å². The fraction of sp³-hybridized carbons (Fsp3) is 0.364. The van der Waals surface area contributed by atoms with Gasteiger partial charge in [-0.1, -0.05) is 0 Å². The molecule has 0 heterocycles. The van der Waals surface area contributed by atoms with Crippen molar-refractivity contribution >= 4 is 21.8 Å². The fourth-order valence-corrected chi connectivity index (χ4v) is 1.79. The highest BCUT2D eigenvalue weighted by Gasteiger charge is 2.26. The third-order valence-electron chi connectivity index (χ3n) is 2.10. The van der Waals surface area contributed by atoms with Gasteiger partial charge in [0.2, 0.25) is 0 Å². The first-order valence-corrected chi connectivity index (χ1v) is 5.89. The minimum Gasteiger partial charge on any atom is -0.352 e. The maximum absolute atomic E-state index is 12.8. The highest BCUT2D eigenvalue weighted by molar-refractivity contribution is 9.10. The average molecular weight is 328 g/mol. The fourth-order valence-electron chi connectivity index (χ4n) is 1.26. The monoisotopic (exact) mass is 327 g/mol. The molecule has 0 saturated heterocycles. The molecular formula is C11H10BrF4NO. The number of rotatable bonds is 4. The van der Waals surface area contributed by atoms with Gasteiger partial charge < -0.3 is 5.32 Å². The molecule has 0 atom stereocenters. The zero-order chi connectivity index (χ0) is 13.8. The third kappa shape index (κ3) is 5.03. The van der Waals surface area contributed by atoms with Crippen LogP contribution in [0.15, 0.2) is 22.7 Å². The highest BCUT2D eigenvalue weighted by atomic mass is 79.9. The van der Waals surface area contributed by atoms with Crippen molar-refractivity contribution in [2.24, 2.45) is 0 Å². The summed E-state index contributed by atoms with van der Waals surface area (Å²) in [5, 5.41) is 2.34. The largest absolute Gasteiger partial charge is 0.389 e. The molecule has 1 aromatic carbocycles. The molecule has 0 spiro atoms. The van der Waals surface area contributed by atoms with E-state index in [1.165, 1.54) is 6.07 Å². The second-order valence-electron chi connectivity index (χ2n) is 3.60. The number of carbonyl (C=O) groups excluding carboxylic acids is 1. The lowest BCUT2D eigenvalue weighted by atomic mass is 10.2. The van der Waals surface area contributed by atoms with E-state index in [-0.39, 0.29) is 23.0 Å². The summed E-state index contributed by atoms with van der Waals surface area (Å²) < 4.78 is 48.6. The maximum Gasteiger partial charge on any atom is 0.389 e. The Morgan fingerprint density at radius 3 is 2.56 bits per heavy atom. The topological polar surface area (TPSA) is 29.1 Å². The first kappa shape index (κ1) is 14.9. The summed E-state index contributed by atoms with van der Waals surface area (Å²) in [7, 11) is 0. The average Bonchev–Trinajstić information content (AvgIpc) is 2.22. The lowest BCUT2D eigenvalue weighted by molar-refractivity contribution is -0.135. The second kappa shape index (κ2) is 6.17. The lowest BCUT2D eigenvalue weighted by Gasteiger charge is -2.08. The molecule has 18 heavy (non-hydrogen) atoms. The van der Waals surface area contributed by atoms with Crippen molar-refractivity contribution < 1.29 is 22.4 Å². The quantitative estimate of drug-likeness (QED) is 0.663. The van der Waals surface area contributed by atoms with Crippen molar-refractivity contribution in [3.63, 3.8) is 0 Å². The van der Waals surface area contributed by atoms with Gasteiger partial charge in [-0.3, -0.25) is 4.79 Å². The van der Waals surface area contributed by atoms with E-state index in [4.69, 9.17) is 0 Å². The molecule has 0 fully saturated rings. The molecule has 7 heteroatoms. The van der Waals surface area contributed by atoms with Gasteiger partial charge in [0.1, 0.15) is 5.82 Å². The van der Waals surface area contributed by atoms with Crippen LogP contribution < -0.4 is 5.32 Å². The van der Waals surface area contributed by atoms with Gasteiger partial charge >= 0.3 is 6.18 Å². The summed E-state index contributed by atoms with van der Waals surface area (Å²) in [6.45, 7) is -0.0812. The molecule has 1 rings (SSSR count). The number of hydrogen-bond acceptors (Lipinski definition) is 1. The third-order valence-corrected chi connectivity index (χ3v) is 2.75. The molecule has 0 aliphatic rings. The van der Waals surface area contributed by atoms with Crippen LogP contribution in [-0.4, -0.2) is 18.6 Å². The number of carbonyl (C=O) groups is 1. The zero-order valence-corrected chi connectivity index (χ0v) is 10.7. The SMILES string of the molecule is O=C(NCCCC(F)(F)F)c1ccc(F)cc1Br. The van der Waals surface area contributed by atoms with Crippen LogP contribution in [0, 0.1) is 5.82 Å². The minimum atomic E-state index is -4.22. The Hall–Kier alpha value is -1.11. The first-order chi connectivity index (χ1) is 8.29. The standard InChI is InChI=1S/C11H10BrF4NO/c12-9-6-7(13)2-3-8(9)10(18)17-5-1-4-11(14,15)16/h2-3,6H,1,4-5H2,(H,17,18). The van der Waals surface area contributed by atoms with Gasteiger partial charge in [0.15, 0.2) is 0 Å². The molecule has 2 nitrogen and oxygen atoms in total. The van der Waals surface area contributed by atoms with E-state index in [0.717, 1.165) is 12.1 Å². The molecule has 0 saturated carbocycles. The lowest BCUT2D eigenvalue weighted by Crippen LogP contribution is -2.25. The molecular weight excluding hydrogens is 318 g/mol. The molecule has 0 aliphatic heterocycles. The van der Waals surface area contributed by atoms with Gasteiger partial charge in [-0.15, -0.1) is 0 Å². The minimum absolute atomic E-state index is 0.0812. The van der Waals surface area contributed by atoms with Gasteiger partial charge in [-0.05, 0) is 40.5 Å². The predicted octanol–water partition coefficient (Wildman–Crippen LogP) is 3.66. The van der Waals surface area contributed by atoms with Gasteiger partial charge in [-0.2, -0.15) is 13.2 Å². The summed E-state index contributed by atoms with van der Waals surface area (Å²) in [6, 6.07) is 3.48. The second-order valence-corrected chi connectivity index (χ2v) is 4.45. The number of hydrogen-bond donors (Lipinski definition) is 1. The number of nitrogens with one attached hydrogen (secondary N) is 1. The van der Waals surface area contributed by atoms with Crippen LogP contribution in [0.3, 0.4) is 0 Å². The molecule has 1 amide bonds. The van der Waals surface area contributed by atoms with Gasteiger partial charge in [0.05, 0.1) is 5.56 Å². The van der Waals surface area contributed by atoms with Crippen LogP contribution in [0.4, 0.5) is 17.6 Å². The molecule has 0 aromatic heterocycles. The maximum atomic E-state index is 12.8. The van der Waals surface area contributed by atoms with Crippen LogP contribution >= 0.6 is 15.9 Å². The Morgan fingerprint density at radius 1 is 1.33 bits per heavy atom. The van der Waals surface area contributed by atoms with Crippen molar-refractivity contribution in [1.29, 1.82) is 0 Å². The Kier molecular flexibility index (Phi) is 5.13. The van der Waals surface area contributed by atoms with Gasteiger partial charge in [-0.25, -0.2) is 4.39 Å². The van der Waals surface area contributed by atoms with Gasteiger partial charge in [0.25, 0.3) is 5.91 Å². The summed E-state index contributed by atoms with van der Waals surface area (Å²) in [4.78, 5) is 11.6. The molecule has 100 valence electrons. The normalized spacial score (nSPS) is 11.4. The Bertz CT molecular complexity index is 434. The van der Waals surface area contributed by atoms with Crippen LogP contribution in [-0.2, 0) is 0 Å². The molecule has 1 N–H and O–H groups in total. The molecule has 0 aliphatic carbocycles. The highest BCUT2D eigenvalue weighted by Crippen LogP contribution is 2.21. The van der Waals surface area contributed by atoms with Crippen LogP contribution in [0.5, 0.6) is 0 Å². The number of alkyl halides is 3. The van der Waals surface area contributed by atoms with E-state index in [0.29, 0.717) is 0 Å². The van der Waals surface area contributed by atoms with Crippen LogP contribution in [0.1, 0.15) is 23.2 Å². The first-order valence-electron chi connectivity index (χ1n) is 5.09. The van der Waals surface area contributed by atoms with E-state index in [1.807, 2.05) is 0 Å². The van der Waals surface area contributed by atoms with Crippen molar-refractivity contribution in [3.8, 4) is 0 Å². The zero-order valence-electron chi connectivity index (χ0n) is 9.15. The summed E-state index contributed by atoms with van der Waals surface area (Å²) in [5.41, 5.74) is 0.184. The van der Waals surface area contributed by atoms with Crippen molar-refractivity contribution in [3.05, 3.63) is 34.1 Å². The number of amides is 1. The molecule has 1 aromatic rings. The van der Waals surface area contributed by atoms with E-state index in [1.54, 1.807) is 0 Å². The Morgan fingerprint density at radius 2 is 2.00 bits per heavy atom. The summed E-state index contributed by atoms with van der Waals surface area (Å²) in [5.74, 6) is -1.04. The van der Waals surface area contributed by atoms with Crippen molar-refractivity contribution in [2.75, 3.05) is 6.54 Å². The Balaban J connectivity index is 2.46. The van der Waals surface area contributed by atoms with Crippen LogP contribution in [0.25, 0.3) is 0 Å². The van der Waals surface area contributed by atoms with E-state index < -0.39 is 24.3 Å². The van der Waals surface area contributed by atoms with Gasteiger partial charge in [0, 0.05) is 17.4 Å². The van der Waals surface area contributed by atoms with Crippen molar-refractivity contribution in [2.45, 2.75) is 19.0 Å². The summed E-state index contributed by atoms with van der Waals surface area (Å²) >= 11 is 3.01. The predicted molar refractivity (Wildman–Crippen MR) is 61.7 cm³/mol. The molecule has 0 bridgehead atoms. The van der Waals surface area contributed by atoms with E-state index in [9.17, 15) is 22.4 Å². The summed E-state index contributed by atoms with van der Waals surface area (Å²) in [6.07, 6.45) is -5.35. The number of halogens is 5. The van der Waals surface area contributed by atoms with Crippen molar-refractivity contribution in [1.82, 2.24) is 5.32 Å². The Labute approximate surface area is 109 Å². The van der Waals surface area contributed by atoms with Crippen LogP contribution in [0.2, 0.25) is 0 Å². The smallest absolute Gasteiger partial charge is 0.352 e.